The second-order valence-corrected chi connectivity index (χ2v) is 7.55. The van der Waals surface area contributed by atoms with Crippen LogP contribution in [-0.4, -0.2) is 26.7 Å². The molecule has 0 saturated carbocycles. The Labute approximate surface area is 127 Å². The molecule has 1 heterocycles. The summed E-state index contributed by atoms with van der Waals surface area (Å²) in [7, 11) is 0. The lowest BCUT2D eigenvalue weighted by Gasteiger charge is -2.14. The summed E-state index contributed by atoms with van der Waals surface area (Å²) in [5.74, 6) is 0.602. The molecule has 1 aromatic heterocycles. The Morgan fingerprint density at radius 3 is 2.75 bits per heavy atom. The lowest BCUT2D eigenvalue weighted by atomic mass is 10.1. The average molecular weight is 309 g/mol. The Morgan fingerprint density at radius 1 is 1.30 bits per heavy atom. The van der Waals surface area contributed by atoms with E-state index >= 15 is 0 Å². The maximum Gasteiger partial charge on any atom is 0.210 e. The van der Waals surface area contributed by atoms with Crippen LogP contribution in [0.3, 0.4) is 0 Å². The van der Waals surface area contributed by atoms with Gasteiger partial charge in [0.15, 0.2) is 4.34 Å². The molecular formula is C14H19N3OS2. The lowest BCUT2D eigenvalue weighted by molar-refractivity contribution is 0.107. The van der Waals surface area contributed by atoms with Crippen LogP contribution in [0, 0.1) is 13.8 Å². The van der Waals surface area contributed by atoms with Crippen LogP contribution >= 0.6 is 23.1 Å². The predicted octanol–water partition coefficient (Wildman–Crippen LogP) is 3.76. The van der Waals surface area contributed by atoms with Gasteiger partial charge in [-0.15, -0.1) is 10.2 Å². The molecule has 2 N–H and O–H groups in total. The van der Waals surface area contributed by atoms with Crippen molar-refractivity contribution in [2.75, 3.05) is 11.1 Å². The van der Waals surface area contributed by atoms with E-state index in [9.17, 15) is 5.11 Å². The zero-order chi connectivity index (χ0) is 14.8. The fraction of sp³-hybridized carbons (Fsp3) is 0.429. The first-order valence-corrected chi connectivity index (χ1v) is 8.17. The molecule has 0 bridgehead atoms. The molecule has 0 fully saturated rings. The van der Waals surface area contributed by atoms with Gasteiger partial charge in [-0.05, 0) is 44.9 Å². The molecule has 0 saturated heterocycles. The number of aliphatic hydroxyl groups is 1. The van der Waals surface area contributed by atoms with Crippen LogP contribution in [0.4, 0.5) is 10.8 Å². The van der Waals surface area contributed by atoms with Crippen molar-refractivity contribution in [2.24, 2.45) is 0 Å². The lowest BCUT2D eigenvalue weighted by Crippen LogP contribution is -2.21. The van der Waals surface area contributed by atoms with Crippen molar-refractivity contribution in [3.05, 3.63) is 29.3 Å². The topological polar surface area (TPSA) is 58.0 Å². The molecule has 0 aliphatic rings. The molecule has 4 nitrogen and oxygen atoms in total. The molecule has 0 radical (unpaired) electrons. The van der Waals surface area contributed by atoms with Gasteiger partial charge in [0.2, 0.25) is 5.13 Å². The molecule has 0 unspecified atom stereocenters. The molecule has 0 aliphatic heterocycles. The normalized spacial score (nSPS) is 11.7. The van der Waals surface area contributed by atoms with Gasteiger partial charge in [-0.2, -0.15) is 0 Å². The van der Waals surface area contributed by atoms with Crippen LogP contribution < -0.4 is 5.32 Å². The molecule has 1 aromatic carbocycles. The summed E-state index contributed by atoms with van der Waals surface area (Å²) in [5.41, 5.74) is 2.82. The minimum atomic E-state index is -0.697. The van der Waals surface area contributed by atoms with E-state index in [1.165, 1.54) is 34.2 Å². The molecule has 108 valence electrons. The summed E-state index contributed by atoms with van der Waals surface area (Å²) < 4.78 is 0.861. The summed E-state index contributed by atoms with van der Waals surface area (Å²) >= 11 is 3.02. The monoisotopic (exact) mass is 309 g/mol. The highest BCUT2D eigenvalue weighted by Gasteiger charge is 2.15. The van der Waals surface area contributed by atoms with E-state index in [0.29, 0.717) is 5.75 Å². The molecule has 2 rings (SSSR count). The molecule has 20 heavy (non-hydrogen) atoms. The van der Waals surface area contributed by atoms with Crippen molar-refractivity contribution in [1.82, 2.24) is 10.2 Å². The number of nitrogens with zero attached hydrogens (tertiary/aromatic N) is 2. The first-order chi connectivity index (χ1) is 9.35. The number of hydrogen-bond acceptors (Lipinski definition) is 6. The van der Waals surface area contributed by atoms with E-state index in [4.69, 9.17) is 0 Å². The van der Waals surface area contributed by atoms with Crippen LogP contribution in [0.2, 0.25) is 0 Å². The molecule has 0 aliphatic carbocycles. The zero-order valence-electron chi connectivity index (χ0n) is 12.1. The van der Waals surface area contributed by atoms with Gasteiger partial charge in [0, 0.05) is 11.4 Å². The molecule has 0 atom stereocenters. The van der Waals surface area contributed by atoms with Crippen LogP contribution in [0.1, 0.15) is 25.0 Å². The Morgan fingerprint density at radius 2 is 2.05 bits per heavy atom. The van der Waals surface area contributed by atoms with Gasteiger partial charge < -0.3 is 10.4 Å². The molecular weight excluding hydrogens is 290 g/mol. The number of nitrogens with one attached hydrogen (secondary N) is 1. The van der Waals surface area contributed by atoms with E-state index in [1.54, 1.807) is 13.8 Å². The summed E-state index contributed by atoms with van der Waals surface area (Å²) in [6.45, 7) is 7.75. The summed E-state index contributed by atoms with van der Waals surface area (Å²) in [6, 6.07) is 6.15. The fourth-order valence-corrected chi connectivity index (χ4v) is 3.27. The highest BCUT2D eigenvalue weighted by Crippen LogP contribution is 2.30. The Kier molecular flexibility index (Phi) is 4.67. The first-order valence-electron chi connectivity index (χ1n) is 6.37. The maximum absolute atomic E-state index is 9.71. The summed E-state index contributed by atoms with van der Waals surface area (Å²) in [6.07, 6.45) is 0. The minimum Gasteiger partial charge on any atom is -0.390 e. The van der Waals surface area contributed by atoms with Gasteiger partial charge in [-0.25, -0.2) is 0 Å². The maximum atomic E-state index is 9.71. The van der Waals surface area contributed by atoms with Gasteiger partial charge in [0.25, 0.3) is 0 Å². The highest BCUT2D eigenvalue weighted by molar-refractivity contribution is 8.01. The number of thioether (sulfide) groups is 1. The quantitative estimate of drug-likeness (QED) is 0.824. The van der Waals surface area contributed by atoms with Crippen LogP contribution in [0.25, 0.3) is 0 Å². The van der Waals surface area contributed by atoms with Crippen molar-refractivity contribution < 1.29 is 5.11 Å². The number of anilines is 2. The second-order valence-electron chi connectivity index (χ2n) is 5.35. The van der Waals surface area contributed by atoms with Gasteiger partial charge in [-0.1, -0.05) is 35.2 Å². The minimum absolute atomic E-state index is 0.602. The zero-order valence-corrected chi connectivity index (χ0v) is 13.7. The van der Waals surface area contributed by atoms with Crippen molar-refractivity contribution in [1.29, 1.82) is 0 Å². The van der Waals surface area contributed by atoms with E-state index < -0.39 is 5.60 Å². The van der Waals surface area contributed by atoms with Gasteiger partial charge >= 0.3 is 0 Å². The third kappa shape index (κ3) is 4.19. The van der Waals surface area contributed by atoms with Crippen LogP contribution in [-0.2, 0) is 0 Å². The third-order valence-electron chi connectivity index (χ3n) is 2.80. The average Bonchev–Trinajstić information content (AvgIpc) is 2.80. The van der Waals surface area contributed by atoms with Crippen molar-refractivity contribution in [2.45, 2.75) is 37.6 Å². The Bertz CT molecular complexity index is 590. The molecule has 0 spiro atoms. The SMILES string of the molecule is Cc1cccc(Nc2nnc(SCC(C)(C)O)s2)c1C. The molecule has 6 heteroatoms. The van der Waals surface area contributed by atoms with E-state index in [-0.39, 0.29) is 0 Å². The van der Waals surface area contributed by atoms with E-state index in [2.05, 4.69) is 35.4 Å². The van der Waals surface area contributed by atoms with E-state index in [0.717, 1.165) is 15.2 Å². The number of benzene rings is 1. The number of aromatic nitrogens is 2. The summed E-state index contributed by atoms with van der Waals surface area (Å²) in [5, 5.41) is 22.0. The van der Waals surface area contributed by atoms with Crippen LogP contribution in [0.15, 0.2) is 22.5 Å². The van der Waals surface area contributed by atoms with Crippen molar-refractivity contribution in [3.63, 3.8) is 0 Å². The molecule has 0 amide bonds. The van der Waals surface area contributed by atoms with Crippen molar-refractivity contribution in [3.8, 4) is 0 Å². The summed E-state index contributed by atoms with van der Waals surface area (Å²) in [4.78, 5) is 0. The predicted molar refractivity (Wildman–Crippen MR) is 86.1 cm³/mol. The molecule has 2 aromatic rings. The standard InChI is InChI=1S/C14H19N3OS2/c1-9-6-5-7-11(10(9)2)15-12-16-17-13(20-12)19-8-14(3,4)18/h5-7,18H,8H2,1-4H3,(H,15,16). The number of aryl methyl sites for hydroxylation is 1. The Balaban J connectivity index is 2.04. The smallest absolute Gasteiger partial charge is 0.210 e. The van der Waals surface area contributed by atoms with Gasteiger partial charge in [0.05, 0.1) is 5.60 Å². The van der Waals surface area contributed by atoms with Gasteiger partial charge in [-0.3, -0.25) is 0 Å². The first kappa shape index (κ1) is 15.3. The third-order valence-corrected chi connectivity index (χ3v) is 5.22. The van der Waals surface area contributed by atoms with Gasteiger partial charge in [0.1, 0.15) is 0 Å². The number of hydrogen-bond donors (Lipinski definition) is 2. The Hall–Kier alpha value is -1.11. The highest BCUT2D eigenvalue weighted by atomic mass is 32.2. The fourth-order valence-electron chi connectivity index (χ4n) is 1.56. The largest absolute Gasteiger partial charge is 0.390 e. The second kappa shape index (κ2) is 6.11. The van der Waals surface area contributed by atoms with Crippen LogP contribution in [0.5, 0.6) is 0 Å². The van der Waals surface area contributed by atoms with Crippen molar-refractivity contribution >= 4 is 33.9 Å². The van der Waals surface area contributed by atoms with E-state index in [1.807, 2.05) is 12.1 Å². The number of rotatable bonds is 5.